The van der Waals surface area contributed by atoms with Crippen molar-refractivity contribution in [2.45, 2.75) is 24.5 Å². The number of aromatic hydroxyl groups is 1. The van der Waals surface area contributed by atoms with Crippen LogP contribution in [0, 0.1) is 0 Å². The number of nitrogens with zero attached hydrogens (tertiary/aromatic N) is 4. The molecule has 0 aliphatic carbocycles. The highest BCUT2D eigenvalue weighted by Crippen LogP contribution is 2.41. The number of aromatic nitrogens is 2. The summed E-state index contributed by atoms with van der Waals surface area (Å²) in [6, 6.07) is 27.4. The van der Waals surface area contributed by atoms with Crippen molar-refractivity contribution < 1.29 is 32.5 Å². The van der Waals surface area contributed by atoms with Gasteiger partial charge in [0.1, 0.15) is 29.4 Å². The Bertz CT molecular complexity index is 3010. The van der Waals surface area contributed by atoms with Crippen LogP contribution in [-0.4, -0.2) is 45.8 Å². The number of azo groups is 2. The molecule has 0 spiro atoms. The van der Waals surface area contributed by atoms with Crippen molar-refractivity contribution in [3.8, 4) is 16.9 Å². The monoisotopic (exact) mass is 852 g/mol. The lowest BCUT2D eigenvalue weighted by Gasteiger charge is -2.12. The molecular weight excluding hydrogens is 823 g/mol. The van der Waals surface area contributed by atoms with Crippen molar-refractivity contribution in [1.82, 2.24) is 9.97 Å². The molecule has 7 rings (SSSR count). The summed E-state index contributed by atoms with van der Waals surface area (Å²) in [6.45, 7) is 1.13. The van der Waals surface area contributed by atoms with Crippen molar-refractivity contribution in [2.75, 3.05) is 10.8 Å². The second kappa shape index (κ2) is 17.0. The predicted molar refractivity (Wildman–Crippen MR) is 223 cm³/mol. The number of hydrogen-bond acceptors (Lipinski definition) is 12. The van der Waals surface area contributed by atoms with Crippen LogP contribution in [0.1, 0.15) is 12.5 Å². The molecule has 1 atom stereocenters. The Morgan fingerprint density at radius 3 is 2.10 bits per heavy atom. The molecule has 0 saturated carbocycles. The molecule has 59 heavy (non-hydrogen) atoms. The number of aromatic amines is 2. The largest absolute Gasteiger partial charge is 0.505 e. The van der Waals surface area contributed by atoms with Crippen LogP contribution < -0.4 is 16.5 Å². The quantitative estimate of drug-likeness (QED) is 0.0280. The molecule has 7 aromatic rings. The number of fused-ring (bicyclic) bond motifs is 2. The highest BCUT2D eigenvalue weighted by molar-refractivity contribution is 7.85. The van der Waals surface area contributed by atoms with Gasteiger partial charge in [-0.15, -0.1) is 10.2 Å². The molecule has 19 heteroatoms. The molecule has 16 nitrogen and oxygen atoms in total. The van der Waals surface area contributed by atoms with E-state index in [0.717, 1.165) is 17.5 Å². The molecule has 1 amide bonds. The standard InChI is InChI=1S/C40H30Cl2N8O8S/c1-21(51)36(39(53)43-26-8-11-28(12-9-26)59(55,56)57)48-46-32-13-6-22(17-30(32)41)23-7-14-33(31(42)18-23)47-49-37-29-5-3-2-4-24(29)16-25(38(37)52)20-58-50-27-10-15-34-35(19-27)45-40(54)44-34/h2-19,36,50,52H,20H2,1H3,(H,43,53)(H2,44,45,54)(H,55,56,57)/b48-46+,49-47?. The van der Waals surface area contributed by atoms with Crippen molar-refractivity contribution in [3.05, 3.63) is 135 Å². The summed E-state index contributed by atoms with van der Waals surface area (Å²) in [5, 5.41) is 32.3. The molecule has 1 aromatic heterocycles. The Kier molecular flexibility index (Phi) is 11.6. The van der Waals surface area contributed by atoms with Gasteiger partial charge in [0.25, 0.3) is 16.0 Å². The van der Waals surface area contributed by atoms with E-state index in [1.54, 1.807) is 60.7 Å². The summed E-state index contributed by atoms with van der Waals surface area (Å²) in [6.07, 6.45) is 0. The normalized spacial score (nSPS) is 12.4. The third kappa shape index (κ3) is 9.35. The summed E-state index contributed by atoms with van der Waals surface area (Å²) in [5.41, 5.74) is 6.98. The zero-order chi connectivity index (χ0) is 41.8. The Morgan fingerprint density at radius 2 is 1.44 bits per heavy atom. The summed E-state index contributed by atoms with van der Waals surface area (Å²) in [7, 11) is -4.42. The van der Waals surface area contributed by atoms with Crippen LogP contribution in [0.2, 0.25) is 10.0 Å². The van der Waals surface area contributed by atoms with Crippen LogP contribution in [0.5, 0.6) is 5.75 Å². The van der Waals surface area contributed by atoms with Gasteiger partial charge in [0.05, 0.1) is 31.7 Å². The highest BCUT2D eigenvalue weighted by atomic mass is 35.5. The summed E-state index contributed by atoms with van der Waals surface area (Å²) < 4.78 is 31.7. The number of nitrogens with one attached hydrogen (secondary N) is 4. The maximum Gasteiger partial charge on any atom is 0.323 e. The smallest absolute Gasteiger partial charge is 0.323 e. The molecule has 1 heterocycles. The number of benzene rings is 6. The highest BCUT2D eigenvalue weighted by Gasteiger charge is 2.24. The summed E-state index contributed by atoms with van der Waals surface area (Å²) in [5.74, 6) is -1.56. The number of phenolic OH excluding ortho intramolecular Hbond substituents is 1. The molecule has 0 bridgehead atoms. The van der Waals surface area contributed by atoms with Gasteiger partial charge in [0, 0.05) is 16.6 Å². The fourth-order valence-corrected chi connectivity index (χ4v) is 6.79. The van der Waals surface area contributed by atoms with E-state index in [1.807, 2.05) is 24.3 Å². The minimum Gasteiger partial charge on any atom is -0.505 e. The Hall–Kier alpha value is -6.76. The number of H-pyrrole nitrogens is 2. The molecule has 298 valence electrons. The maximum atomic E-state index is 12.8. The van der Waals surface area contributed by atoms with Crippen LogP contribution in [-0.2, 0) is 31.2 Å². The lowest BCUT2D eigenvalue weighted by Crippen LogP contribution is -2.31. The van der Waals surface area contributed by atoms with E-state index < -0.39 is 27.9 Å². The molecule has 0 saturated heterocycles. The molecule has 0 aliphatic rings. The molecule has 6 aromatic carbocycles. The van der Waals surface area contributed by atoms with Gasteiger partial charge in [-0.1, -0.05) is 59.6 Å². The maximum absolute atomic E-state index is 12.8. The van der Waals surface area contributed by atoms with Gasteiger partial charge < -0.3 is 20.4 Å². The van der Waals surface area contributed by atoms with E-state index >= 15 is 0 Å². The average molecular weight is 854 g/mol. The van der Waals surface area contributed by atoms with E-state index in [4.69, 9.17) is 32.6 Å². The van der Waals surface area contributed by atoms with Crippen molar-refractivity contribution in [3.63, 3.8) is 0 Å². The molecule has 0 radical (unpaired) electrons. The lowest BCUT2D eigenvalue weighted by molar-refractivity contribution is -0.126. The van der Waals surface area contributed by atoms with Gasteiger partial charge in [-0.2, -0.15) is 18.6 Å². The van der Waals surface area contributed by atoms with Crippen LogP contribution in [0.25, 0.3) is 32.9 Å². The zero-order valence-corrected chi connectivity index (χ0v) is 32.8. The summed E-state index contributed by atoms with van der Waals surface area (Å²) >= 11 is 13.2. The van der Waals surface area contributed by atoms with Gasteiger partial charge in [0.15, 0.2) is 5.78 Å². The number of halogens is 2. The third-order valence-electron chi connectivity index (χ3n) is 8.83. The number of carbonyl (C=O) groups excluding carboxylic acids is 2. The van der Waals surface area contributed by atoms with Gasteiger partial charge >= 0.3 is 5.69 Å². The van der Waals surface area contributed by atoms with Gasteiger partial charge in [-0.3, -0.25) is 24.5 Å². The first-order valence-electron chi connectivity index (χ1n) is 17.4. The number of imidazole rings is 1. The Balaban J connectivity index is 1.04. The second-order valence-corrected chi connectivity index (χ2v) is 15.2. The van der Waals surface area contributed by atoms with E-state index in [2.05, 4.69) is 41.2 Å². The van der Waals surface area contributed by atoms with Crippen LogP contribution in [0.15, 0.2) is 139 Å². The van der Waals surface area contributed by atoms with Crippen LogP contribution in [0.3, 0.4) is 0 Å². The van der Waals surface area contributed by atoms with Crippen molar-refractivity contribution >= 4 is 95.3 Å². The Morgan fingerprint density at radius 1 is 0.797 bits per heavy atom. The van der Waals surface area contributed by atoms with Crippen molar-refractivity contribution in [1.29, 1.82) is 0 Å². The third-order valence-corrected chi connectivity index (χ3v) is 10.3. The van der Waals surface area contributed by atoms with Gasteiger partial charge in [0.2, 0.25) is 6.04 Å². The number of rotatable bonds is 13. The molecular formula is C40H30Cl2N8O8S. The number of amides is 1. The predicted octanol–water partition coefficient (Wildman–Crippen LogP) is 9.57. The SMILES string of the molecule is CC(=O)C(/N=N/c1ccc(-c2ccc(N=Nc3c(O)c(CONc4ccc5[nH]c(=O)[nH]c5c4)cc4ccccc34)c(Cl)c2)cc1Cl)C(=O)Nc1ccc(S(=O)(=O)O)cc1. The number of anilines is 2. The van der Waals surface area contributed by atoms with E-state index in [1.165, 1.54) is 19.1 Å². The molecule has 6 N–H and O–H groups in total. The Labute approximate surface area is 344 Å². The van der Waals surface area contributed by atoms with E-state index in [-0.39, 0.29) is 50.0 Å². The van der Waals surface area contributed by atoms with E-state index in [9.17, 15) is 27.9 Å². The van der Waals surface area contributed by atoms with Crippen LogP contribution in [0.4, 0.5) is 28.4 Å². The number of Topliss-reactive ketones (excluding diaryl/α,β-unsaturated/α-hetero) is 1. The first-order chi connectivity index (χ1) is 28.2. The van der Waals surface area contributed by atoms with Crippen molar-refractivity contribution in [2.24, 2.45) is 20.5 Å². The number of phenols is 1. The zero-order valence-electron chi connectivity index (χ0n) is 30.5. The first kappa shape index (κ1) is 40.4. The summed E-state index contributed by atoms with van der Waals surface area (Å²) in [4.78, 5) is 47.4. The van der Waals surface area contributed by atoms with E-state index in [0.29, 0.717) is 44.5 Å². The number of hydrogen-bond donors (Lipinski definition) is 6. The topological polar surface area (TPSA) is 240 Å². The average Bonchev–Trinajstić information content (AvgIpc) is 3.58. The van der Waals surface area contributed by atoms with Gasteiger partial charge in [-0.25, -0.2) is 4.79 Å². The molecule has 0 aliphatic heterocycles. The first-order valence-corrected chi connectivity index (χ1v) is 19.6. The number of carbonyl (C=O) groups is 2. The fraction of sp³-hybridized carbons (Fsp3) is 0.0750. The molecule has 1 unspecified atom stereocenters. The van der Waals surface area contributed by atoms with Crippen LogP contribution >= 0.6 is 23.2 Å². The minimum atomic E-state index is -4.42. The second-order valence-electron chi connectivity index (χ2n) is 12.9. The fourth-order valence-electron chi connectivity index (χ4n) is 5.88. The van der Waals surface area contributed by atoms with Gasteiger partial charge in [-0.05, 0) is 96.2 Å². The molecule has 0 fully saturated rings. The minimum absolute atomic E-state index is 0.0371. The lowest BCUT2D eigenvalue weighted by atomic mass is 10.0. The number of ketones is 1.